The van der Waals surface area contributed by atoms with Crippen molar-refractivity contribution in [1.29, 1.82) is 0 Å². The molecule has 0 saturated heterocycles. The molecule has 1 aliphatic carbocycles. The second-order valence-corrected chi connectivity index (χ2v) is 4.37. The highest BCUT2D eigenvalue weighted by Gasteiger charge is 2.31. The van der Waals surface area contributed by atoms with Gasteiger partial charge in [0, 0.05) is 6.04 Å². The molecule has 0 radical (unpaired) electrons. The number of carboxylic acids is 1. The summed E-state index contributed by atoms with van der Waals surface area (Å²) in [5.74, 6) is -0.109. The molecule has 1 aromatic rings. The second-order valence-electron chi connectivity index (χ2n) is 4.37. The largest absolute Gasteiger partial charge is 0.497 e. The third-order valence-corrected chi connectivity index (χ3v) is 3.12. The summed E-state index contributed by atoms with van der Waals surface area (Å²) in [6.45, 7) is 0.171. The maximum atomic E-state index is 10.5. The molecule has 0 aromatic heterocycles. The van der Waals surface area contributed by atoms with E-state index in [-0.39, 0.29) is 25.2 Å². The van der Waals surface area contributed by atoms with Gasteiger partial charge in [0.05, 0.1) is 26.2 Å². The lowest BCUT2D eigenvalue weighted by Crippen LogP contribution is -2.27. The van der Waals surface area contributed by atoms with E-state index in [1.54, 1.807) is 7.11 Å². The van der Waals surface area contributed by atoms with E-state index in [0.29, 0.717) is 0 Å². The van der Waals surface area contributed by atoms with Crippen molar-refractivity contribution in [2.24, 2.45) is 5.73 Å². The molecule has 0 saturated carbocycles. The molecule has 2 rings (SSSR count). The molecule has 0 spiro atoms. The number of rotatable bonds is 5. The number of hydrogen-bond donors (Lipinski definition) is 2. The number of ether oxygens (including phenoxy) is 2. The zero-order valence-electron chi connectivity index (χ0n) is 10.3. The summed E-state index contributed by atoms with van der Waals surface area (Å²) in [6.07, 6.45) is 0.494. The van der Waals surface area contributed by atoms with Crippen molar-refractivity contribution in [3.05, 3.63) is 29.3 Å². The Hall–Kier alpha value is -1.59. The molecule has 3 N–H and O–H groups in total. The highest BCUT2D eigenvalue weighted by Crippen LogP contribution is 2.35. The molecule has 0 aliphatic heterocycles. The van der Waals surface area contributed by atoms with Gasteiger partial charge in [0.15, 0.2) is 0 Å². The number of hydrogen-bond acceptors (Lipinski definition) is 4. The van der Waals surface area contributed by atoms with Gasteiger partial charge < -0.3 is 20.3 Å². The Balaban J connectivity index is 2.10. The summed E-state index contributed by atoms with van der Waals surface area (Å²) in [6, 6.07) is 5.66. The lowest BCUT2D eigenvalue weighted by Gasteiger charge is -2.17. The van der Waals surface area contributed by atoms with Crippen molar-refractivity contribution in [3.63, 3.8) is 0 Å². The molecule has 98 valence electrons. The van der Waals surface area contributed by atoms with Gasteiger partial charge in [0.1, 0.15) is 5.75 Å². The van der Waals surface area contributed by atoms with Gasteiger partial charge in [-0.1, -0.05) is 6.07 Å². The van der Waals surface area contributed by atoms with Crippen molar-refractivity contribution in [2.75, 3.05) is 13.7 Å². The molecule has 2 atom stereocenters. The van der Waals surface area contributed by atoms with Crippen LogP contribution in [-0.2, 0) is 16.0 Å². The maximum absolute atomic E-state index is 10.5. The molecule has 5 heteroatoms. The van der Waals surface area contributed by atoms with Gasteiger partial charge in [-0.2, -0.15) is 0 Å². The average Bonchev–Trinajstić information content (AvgIpc) is 2.64. The van der Waals surface area contributed by atoms with E-state index in [1.165, 1.54) is 0 Å². The minimum absolute atomic E-state index is 0.0114. The molecule has 0 bridgehead atoms. The van der Waals surface area contributed by atoms with E-state index in [2.05, 4.69) is 0 Å². The standard InChI is InChI=1S/C13H17NO4/c1-17-9-3-2-8-6-11(14)13(10(8)7-9)18-5-4-12(15)16/h2-3,7,11,13H,4-6,14H2,1H3,(H,15,16). The van der Waals surface area contributed by atoms with E-state index in [9.17, 15) is 4.79 Å². The van der Waals surface area contributed by atoms with E-state index in [1.807, 2.05) is 18.2 Å². The Morgan fingerprint density at radius 3 is 3.00 bits per heavy atom. The first-order valence-corrected chi connectivity index (χ1v) is 5.87. The van der Waals surface area contributed by atoms with E-state index < -0.39 is 5.97 Å². The summed E-state index contributed by atoms with van der Waals surface area (Å²) in [5, 5.41) is 8.60. The first-order valence-electron chi connectivity index (χ1n) is 5.87. The fraction of sp³-hybridized carbons (Fsp3) is 0.462. The van der Waals surface area contributed by atoms with Crippen LogP contribution in [0.3, 0.4) is 0 Å². The van der Waals surface area contributed by atoms with Crippen LogP contribution in [0.2, 0.25) is 0 Å². The highest BCUT2D eigenvalue weighted by molar-refractivity contribution is 5.66. The molecular formula is C13H17NO4. The first-order chi connectivity index (χ1) is 8.61. The summed E-state index contributed by atoms with van der Waals surface area (Å²) in [5.41, 5.74) is 8.17. The second kappa shape index (κ2) is 5.37. The number of nitrogens with two attached hydrogens (primary N) is 1. The van der Waals surface area contributed by atoms with Gasteiger partial charge in [-0.05, 0) is 29.7 Å². The number of methoxy groups -OCH3 is 1. The monoisotopic (exact) mass is 251 g/mol. The number of carboxylic acid groups (broad SMARTS) is 1. The van der Waals surface area contributed by atoms with Crippen LogP contribution in [0.15, 0.2) is 18.2 Å². The number of fused-ring (bicyclic) bond motifs is 1. The molecule has 1 aromatic carbocycles. The Morgan fingerprint density at radius 2 is 2.33 bits per heavy atom. The Kier molecular flexibility index (Phi) is 3.84. The zero-order valence-corrected chi connectivity index (χ0v) is 10.3. The Morgan fingerprint density at radius 1 is 1.56 bits per heavy atom. The highest BCUT2D eigenvalue weighted by atomic mass is 16.5. The fourth-order valence-corrected chi connectivity index (χ4v) is 2.23. The molecule has 5 nitrogen and oxygen atoms in total. The van der Waals surface area contributed by atoms with Gasteiger partial charge in [0.2, 0.25) is 0 Å². The number of carbonyl (C=O) groups is 1. The molecule has 0 fully saturated rings. The zero-order chi connectivity index (χ0) is 13.1. The lowest BCUT2D eigenvalue weighted by atomic mass is 10.1. The summed E-state index contributed by atoms with van der Waals surface area (Å²) < 4.78 is 10.8. The van der Waals surface area contributed by atoms with Crippen LogP contribution in [0.5, 0.6) is 5.75 Å². The van der Waals surface area contributed by atoms with Crippen LogP contribution in [0.25, 0.3) is 0 Å². The lowest BCUT2D eigenvalue weighted by molar-refractivity contribution is -0.138. The third-order valence-electron chi connectivity index (χ3n) is 3.12. The van der Waals surface area contributed by atoms with Gasteiger partial charge in [-0.3, -0.25) is 4.79 Å². The van der Waals surface area contributed by atoms with Gasteiger partial charge in [-0.25, -0.2) is 0 Å². The molecule has 18 heavy (non-hydrogen) atoms. The smallest absolute Gasteiger partial charge is 0.305 e. The molecule has 1 aliphatic rings. The van der Waals surface area contributed by atoms with E-state index >= 15 is 0 Å². The molecule has 0 amide bonds. The van der Waals surface area contributed by atoms with E-state index in [0.717, 1.165) is 23.3 Å². The van der Waals surface area contributed by atoms with Crippen LogP contribution in [0.4, 0.5) is 0 Å². The van der Waals surface area contributed by atoms with Crippen LogP contribution < -0.4 is 10.5 Å². The summed E-state index contributed by atoms with van der Waals surface area (Å²) in [7, 11) is 1.61. The van der Waals surface area contributed by atoms with Crippen molar-refractivity contribution >= 4 is 5.97 Å². The third kappa shape index (κ3) is 2.63. The maximum Gasteiger partial charge on any atom is 0.305 e. The topological polar surface area (TPSA) is 81.8 Å². The normalized spacial score (nSPS) is 21.7. The molecule has 0 heterocycles. The predicted octanol–water partition coefficient (Wildman–Crippen LogP) is 1.11. The minimum Gasteiger partial charge on any atom is -0.497 e. The summed E-state index contributed by atoms with van der Waals surface area (Å²) >= 11 is 0. The van der Waals surface area contributed by atoms with Gasteiger partial charge in [0.25, 0.3) is 0 Å². The predicted molar refractivity (Wildman–Crippen MR) is 65.6 cm³/mol. The van der Waals surface area contributed by atoms with E-state index in [4.69, 9.17) is 20.3 Å². The minimum atomic E-state index is -0.868. The van der Waals surface area contributed by atoms with Crippen LogP contribution >= 0.6 is 0 Å². The Labute approximate surface area is 106 Å². The van der Waals surface area contributed by atoms with Crippen LogP contribution in [0.1, 0.15) is 23.7 Å². The fourth-order valence-electron chi connectivity index (χ4n) is 2.23. The van der Waals surface area contributed by atoms with Gasteiger partial charge >= 0.3 is 5.97 Å². The average molecular weight is 251 g/mol. The van der Waals surface area contributed by atoms with Crippen LogP contribution in [0, 0.1) is 0 Å². The van der Waals surface area contributed by atoms with Crippen molar-refractivity contribution in [2.45, 2.75) is 25.0 Å². The number of benzene rings is 1. The van der Waals surface area contributed by atoms with Crippen molar-refractivity contribution in [1.82, 2.24) is 0 Å². The molecular weight excluding hydrogens is 234 g/mol. The van der Waals surface area contributed by atoms with Gasteiger partial charge in [-0.15, -0.1) is 0 Å². The molecule has 2 unspecified atom stereocenters. The Bertz CT molecular complexity index is 447. The SMILES string of the molecule is COc1ccc2c(c1)C(OCCC(=O)O)C(N)C2. The quantitative estimate of drug-likeness (QED) is 0.819. The summed E-state index contributed by atoms with van der Waals surface area (Å²) in [4.78, 5) is 10.5. The van der Waals surface area contributed by atoms with Crippen molar-refractivity contribution in [3.8, 4) is 5.75 Å². The first kappa shape index (κ1) is 12.9. The van der Waals surface area contributed by atoms with Crippen molar-refractivity contribution < 1.29 is 19.4 Å². The number of aliphatic carboxylic acids is 1. The van der Waals surface area contributed by atoms with Crippen LogP contribution in [-0.4, -0.2) is 30.8 Å².